The van der Waals surface area contributed by atoms with Crippen molar-refractivity contribution in [2.75, 3.05) is 119 Å². The van der Waals surface area contributed by atoms with E-state index < -0.39 is 6.83 Å². The van der Waals surface area contributed by atoms with Crippen molar-refractivity contribution in [3.8, 4) is 0 Å². The molecule has 0 heterocycles. The van der Waals surface area contributed by atoms with E-state index in [1.165, 1.54) is 0 Å². The molecule has 0 aliphatic rings. The number of carbonyl (C=O) groups is 1. The summed E-state index contributed by atoms with van der Waals surface area (Å²) in [7, 11) is 3.27. The van der Waals surface area contributed by atoms with Gasteiger partial charge in [-0.3, -0.25) is 0 Å². The van der Waals surface area contributed by atoms with E-state index >= 15 is 0 Å². The molecule has 0 N–H and O–H groups in total. The van der Waals surface area contributed by atoms with Crippen LogP contribution in [0.15, 0.2) is 0 Å². The first-order chi connectivity index (χ1) is 14.9. The molecule has 188 valence electrons. The van der Waals surface area contributed by atoms with Crippen molar-refractivity contribution in [2.45, 2.75) is 13.3 Å². The average molecular weight is 473 g/mol. The molecule has 0 saturated heterocycles. The average Bonchev–Trinajstić information content (AvgIpc) is 2.72. The van der Waals surface area contributed by atoms with Gasteiger partial charge in [0.25, 0.3) is 0 Å². The summed E-state index contributed by atoms with van der Waals surface area (Å²) >= 11 is 0. The van der Waals surface area contributed by atoms with Gasteiger partial charge in [-0.05, 0) is 0 Å². The molecule has 0 bridgehead atoms. The summed E-state index contributed by atoms with van der Waals surface area (Å²) in [6, 6.07) is 0. The Hall–Kier alpha value is -0.380. The zero-order valence-electron chi connectivity index (χ0n) is 20.2. The Balaban J connectivity index is 4.12. The van der Waals surface area contributed by atoms with Gasteiger partial charge in [0.05, 0.1) is 6.61 Å². The fraction of sp³-hybridized carbons (Fsp3) is 0.952. The Kier molecular flexibility index (Phi) is 18.9. The summed E-state index contributed by atoms with van der Waals surface area (Å²) in [6.45, 7) is 9.47. The van der Waals surface area contributed by atoms with E-state index in [2.05, 4.69) is 13.3 Å². The smallest absolute Gasteiger partial charge is 0.382 e. The number of carbonyl (C=O) groups excluding carboxylic acids is 1. The Bertz CT molecular complexity index is 435. The topological polar surface area (TPSA) is 90.9 Å². The molecule has 0 amide bonds. The van der Waals surface area contributed by atoms with Crippen molar-refractivity contribution < 1.29 is 42.5 Å². The summed E-state index contributed by atoms with van der Waals surface area (Å²) < 4.78 is 43.2. The van der Waals surface area contributed by atoms with Gasteiger partial charge in [-0.2, -0.15) is 0 Å². The maximum atomic E-state index is 12.5. The molecule has 0 aromatic rings. The Morgan fingerprint density at radius 1 is 0.613 bits per heavy atom. The van der Waals surface area contributed by atoms with E-state index in [1.54, 1.807) is 14.2 Å². The van der Waals surface area contributed by atoms with Gasteiger partial charge >= 0.3 is 169 Å². The third-order valence-corrected chi connectivity index (χ3v) is 8.52. The Morgan fingerprint density at radius 3 is 1.52 bits per heavy atom. The van der Waals surface area contributed by atoms with Crippen molar-refractivity contribution in [3.63, 3.8) is 0 Å². The molecule has 0 aliphatic carbocycles. The van der Waals surface area contributed by atoms with Gasteiger partial charge < -0.3 is 4.74 Å². The first-order valence-electron chi connectivity index (χ1n) is 11.0. The predicted molar refractivity (Wildman–Crippen MR) is 123 cm³/mol. The molecule has 0 radical (unpaired) electrons. The molecule has 0 fully saturated rings. The number of ether oxygens (including phenoxy) is 7. The van der Waals surface area contributed by atoms with Gasteiger partial charge in [0.2, 0.25) is 0 Å². The van der Waals surface area contributed by atoms with Crippen LogP contribution in [0.25, 0.3) is 0 Å². The van der Waals surface area contributed by atoms with Crippen molar-refractivity contribution in [1.29, 1.82) is 0 Å². The van der Waals surface area contributed by atoms with Gasteiger partial charge in [-0.25, -0.2) is 0 Å². The van der Waals surface area contributed by atoms with Gasteiger partial charge in [0, 0.05) is 7.11 Å². The summed E-state index contributed by atoms with van der Waals surface area (Å²) in [5.74, 6) is -0.247. The molecule has 0 unspecified atom stereocenters. The summed E-state index contributed by atoms with van der Waals surface area (Å²) in [6.07, 6.45) is 1.61. The van der Waals surface area contributed by atoms with E-state index in [0.717, 1.165) is 0 Å². The van der Waals surface area contributed by atoms with Gasteiger partial charge in [0.1, 0.15) is 0 Å². The van der Waals surface area contributed by atoms with Gasteiger partial charge in [-0.15, -0.1) is 0 Å². The summed E-state index contributed by atoms with van der Waals surface area (Å²) in [5, 5.41) is 0. The van der Waals surface area contributed by atoms with E-state index in [4.69, 9.17) is 37.7 Å². The van der Waals surface area contributed by atoms with Crippen LogP contribution < -0.4 is 0 Å². The van der Waals surface area contributed by atoms with E-state index in [1.807, 2.05) is 6.92 Å². The molecule has 31 heavy (non-hydrogen) atoms. The Labute approximate surface area is 188 Å². The first-order valence-corrected chi connectivity index (χ1v) is 14.4. The van der Waals surface area contributed by atoms with Crippen molar-refractivity contribution >= 4 is 12.8 Å². The molecule has 0 aliphatic heterocycles. The predicted octanol–water partition coefficient (Wildman–Crippen LogP) is 2.04. The second-order valence-corrected chi connectivity index (χ2v) is 14.0. The van der Waals surface area contributed by atoms with E-state index in [9.17, 15) is 4.79 Å². The molecule has 0 saturated carbocycles. The normalized spacial score (nSPS) is 13.1. The van der Waals surface area contributed by atoms with Crippen LogP contribution in [-0.4, -0.2) is 125 Å². The van der Waals surface area contributed by atoms with Crippen molar-refractivity contribution in [2.24, 2.45) is 0 Å². The minimum atomic E-state index is -2.74. The van der Waals surface area contributed by atoms with Crippen LogP contribution in [0.3, 0.4) is 0 Å². The van der Waals surface area contributed by atoms with Crippen molar-refractivity contribution in [3.05, 3.63) is 0 Å². The fourth-order valence-corrected chi connectivity index (χ4v) is 5.11. The van der Waals surface area contributed by atoms with Crippen LogP contribution in [0.5, 0.6) is 0 Å². The fourth-order valence-electron chi connectivity index (χ4n) is 2.52. The van der Waals surface area contributed by atoms with Gasteiger partial charge in [-0.1, -0.05) is 0 Å². The summed E-state index contributed by atoms with van der Waals surface area (Å²) in [4.78, 5) is 12.5. The number of rotatable bonds is 23. The second kappa shape index (κ2) is 19.1. The number of hydrogen-bond donors (Lipinski definition) is 0. The first kappa shape index (κ1) is 30.6. The van der Waals surface area contributed by atoms with Crippen LogP contribution in [0.2, 0.25) is 0 Å². The molecule has 9 nitrogen and oxygen atoms in total. The SMILES string of the molecule is CCOCCP(C)(C)(CCOCCOC)OC(=O)CCOCCOCCOCCOC. The van der Waals surface area contributed by atoms with Crippen LogP contribution in [0.1, 0.15) is 13.3 Å². The number of methoxy groups -OCH3 is 2. The van der Waals surface area contributed by atoms with E-state index in [-0.39, 0.29) is 12.4 Å². The summed E-state index contributed by atoms with van der Waals surface area (Å²) in [5.41, 5.74) is 0. The van der Waals surface area contributed by atoms with Crippen molar-refractivity contribution in [1.82, 2.24) is 0 Å². The zero-order valence-corrected chi connectivity index (χ0v) is 21.1. The van der Waals surface area contributed by atoms with Crippen LogP contribution in [-0.2, 0) is 42.5 Å². The molecular weight excluding hydrogens is 427 g/mol. The molecule has 0 rings (SSSR count). The van der Waals surface area contributed by atoms with Crippen LogP contribution >= 0.6 is 6.83 Å². The molecular formula is C21H45O9P. The third kappa shape index (κ3) is 18.9. The van der Waals surface area contributed by atoms with Crippen LogP contribution in [0.4, 0.5) is 0 Å². The van der Waals surface area contributed by atoms with Gasteiger partial charge in [0.15, 0.2) is 0 Å². The Morgan fingerprint density at radius 2 is 1.03 bits per heavy atom. The van der Waals surface area contributed by atoms with E-state index in [0.29, 0.717) is 91.6 Å². The molecule has 0 aromatic heterocycles. The maximum absolute atomic E-state index is 12.5. The molecule has 0 aromatic carbocycles. The standard InChI is InChI=1S/C21H45O9P/c1-6-25-17-19-31(4,5,20-18-29-12-10-24-3)30-21(22)7-8-26-13-14-28-16-15-27-11-9-23-2/h6-20H2,1-5H3. The number of hydrogen-bond acceptors (Lipinski definition) is 9. The minimum Gasteiger partial charge on any atom is -0.382 e. The zero-order chi connectivity index (χ0) is 23.3. The quantitative estimate of drug-likeness (QED) is 0.164. The van der Waals surface area contributed by atoms with Crippen LogP contribution in [0, 0.1) is 0 Å². The molecule has 0 spiro atoms. The molecule has 0 atom stereocenters. The monoisotopic (exact) mass is 472 g/mol. The molecule has 10 heteroatoms. The minimum absolute atomic E-state index is 0.207. The third-order valence-electron chi connectivity index (χ3n) is 4.54. The second-order valence-electron chi connectivity index (χ2n) is 7.85.